The number of halogens is 1. The third kappa shape index (κ3) is 4.67. The highest BCUT2D eigenvalue weighted by Crippen LogP contribution is 2.33. The first kappa shape index (κ1) is 19.4. The standard InChI is InChI=1S/C24H23BrO2/c1-24(2,3)19-14-15-21(20(25)16-19)27-23(26)22(17-10-6-4-7-11-17)18-12-8-5-9-13-18/h4-16,22H,1-3H3. The summed E-state index contributed by atoms with van der Waals surface area (Å²) in [4.78, 5) is 13.1. The Bertz CT molecular complexity index is 873. The van der Waals surface area contributed by atoms with Crippen LogP contribution in [0.5, 0.6) is 5.75 Å². The Hall–Kier alpha value is -2.39. The van der Waals surface area contributed by atoms with Gasteiger partial charge in [-0.25, -0.2) is 0 Å². The second-order valence-electron chi connectivity index (χ2n) is 7.57. The van der Waals surface area contributed by atoms with Gasteiger partial charge in [0, 0.05) is 0 Å². The van der Waals surface area contributed by atoms with Gasteiger partial charge in [-0.05, 0) is 50.2 Å². The summed E-state index contributed by atoms with van der Waals surface area (Å²) < 4.78 is 6.58. The monoisotopic (exact) mass is 422 g/mol. The Morgan fingerprint density at radius 1 is 0.852 bits per heavy atom. The van der Waals surface area contributed by atoms with Gasteiger partial charge in [0.05, 0.1) is 4.47 Å². The minimum atomic E-state index is -0.471. The molecular weight excluding hydrogens is 400 g/mol. The second kappa shape index (κ2) is 8.10. The molecule has 0 bridgehead atoms. The van der Waals surface area contributed by atoms with E-state index in [0.717, 1.165) is 15.6 Å². The molecule has 3 rings (SSSR count). The van der Waals surface area contributed by atoms with E-state index in [2.05, 4.69) is 36.7 Å². The van der Waals surface area contributed by atoms with Gasteiger partial charge < -0.3 is 4.74 Å². The number of hydrogen-bond donors (Lipinski definition) is 0. The zero-order chi connectivity index (χ0) is 19.4. The number of carbonyl (C=O) groups is 1. The number of hydrogen-bond acceptors (Lipinski definition) is 2. The highest BCUT2D eigenvalue weighted by atomic mass is 79.9. The first-order valence-electron chi connectivity index (χ1n) is 8.98. The summed E-state index contributed by atoms with van der Waals surface area (Å²) >= 11 is 3.55. The van der Waals surface area contributed by atoms with Crippen LogP contribution in [0.2, 0.25) is 0 Å². The highest BCUT2D eigenvalue weighted by Gasteiger charge is 2.25. The molecule has 0 amide bonds. The van der Waals surface area contributed by atoms with Crippen LogP contribution in [0.4, 0.5) is 0 Å². The minimum Gasteiger partial charge on any atom is -0.425 e. The topological polar surface area (TPSA) is 26.3 Å². The van der Waals surface area contributed by atoms with E-state index in [0.29, 0.717) is 5.75 Å². The average Bonchev–Trinajstić information content (AvgIpc) is 2.64. The van der Waals surface area contributed by atoms with Crippen LogP contribution in [0.3, 0.4) is 0 Å². The predicted molar refractivity (Wildman–Crippen MR) is 113 cm³/mol. The maximum Gasteiger partial charge on any atom is 0.323 e. The SMILES string of the molecule is CC(C)(C)c1ccc(OC(=O)C(c2ccccc2)c2ccccc2)c(Br)c1. The summed E-state index contributed by atoms with van der Waals surface area (Å²) in [6, 6.07) is 25.3. The molecule has 0 saturated carbocycles. The average molecular weight is 423 g/mol. The molecule has 27 heavy (non-hydrogen) atoms. The Balaban J connectivity index is 1.92. The van der Waals surface area contributed by atoms with Gasteiger partial charge in [0.2, 0.25) is 0 Å². The molecule has 3 aromatic rings. The van der Waals surface area contributed by atoms with Crippen LogP contribution < -0.4 is 4.74 Å². The van der Waals surface area contributed by atoms with Crippen molar-refractivity contribution < 1.29 is 9.53 Å². The molecule has 0 radical (unpaired) electrons. The number of benzene rings is 3. The summed E-state index contributed by atoms with van der Waals surface area (Å²) in [5.41, 5.74) is 3.03. The first-order chi connectivity index (χ1) is 12.9. The van der Waals surface area contributed by atoms with E-state index in [1.807, 2.05) is 78.9 Å². The summed E-state index contributed by atoms with van der Waals surface area (Å²) in [5, 5.41) is 0. The van der Waals surface area contributed by atoms with Crippen LogP contribution in [0, 0.1) is 0 Å². The van der Waals surface area contributed by atoms with Gasteiger partial charge in [0.1, 0.15) is 11.7 Å². The third-order valence-corrected chi connectivity index (χ3v) is 5.13. The largest absolute Gasteiger partial charge is 0.425 e. The van der Waals surface area contributed by atoms with E-state index >= 15 is 0 Å². The molecule has 3 heteroatoms. The van der Waals surface area contributed by atoms with E-state index < -0.39 is 5.92 Å². The molecule has 0 heterocycles. The summed E-state index contributed by atoms with van der Waals surface area (Å²) in [6.45, 7) is 6.46. The smallest absolute Gasteiger partial charge is 0.323 e. The number of carbonyl (C=O) groups excluding carboxylic acids is 1. The summed E-state index contributed by atoms with van der Waals surface area (Å²) in [7, 11) is 0. The van der Waals surface area contributed by atoms with Crippen molar-refractivity contribution in [2.45, 2.75) is 32.1 Å². The molecular formula is C24H23BrO2. The molecule has 138 valence electrons. The quantitative estimate of drug-likeness (QED) is 0.355. The molecule has 0 unspecified atom stereocenters. The van der Waals surface area contributed by atoms with E-state index in [4.69, 9.17) is 4.74 Å². The molecule has 0 atom stereocenters. The van der Waals surface area contributed by atoms with E-state index in [9.17, 15) is 4.79 Å². The molecule has 0 N–H and O–H groups in total. The lowest BCUT2D eigenvalue weighted by Crippen LogP contribution is -2.20. The lowest BCUT2D eigenvalue weighted by molar-refractivity contribution is -0.135. The van der Waals surface area contributed by atoms with E-state index in [1.165, 1.54) is 5.56 Å². The van der Waals surface area contributed by atoms with E-state index in [1.54, 1.807) is 0 Å². The van der Waals surface area contributed by atoms with Crippen LogP contribution >= 0.6 is 15.9 Å². The van der Waals surface area contributed by atoms with Crippen LogP contribution in [-0.4, -0.2) is 5.97 Å². The van der Waals surface area contributed by atoms with Crippen LogP contribution in [-0.2, 0) is 10.2 Å². The maximum absolute atomic E-state index is 13.1. The number of esters is 1. The van der Waals surface area contributed by atoms with Crippen molar-refractivity contribution >= 4 is 21.9 Å². The fourth-order valence-electron chi connectivity index (χ4n) is 2.97. The van der Waals surface area contributed by atoms with Gasteiger partial charge in [0.25, 0.3) is 0 Å². The molecule has 0 aliphatic heterocycles. The van der Waals surface area contributed by atoms with Gasteiger partial charge in [-0.1, -0.05) is 87.5 Å². The lowest BCUT2D eigenvalue weighted by atomic mass is 9.87. The van der Waals surface area contributed by atoms with Crippen molar-refractivity contribution in [3.63, 3.8) is 0 Å². The predicted octanol–water partition coefficient (Wildman–Crippen LogP) is 6.48. The van der Waals surface area contributed by atoms with Crippen molar-refractivity contribution in [3.05, 3.63) is 100 Å². The molecule has 3 aromatic carbocycles. The highest BCUT2D eigenvalue weighted by molar-refractivity contribution is 9.10. The van der Waals surface area contributed by atoms with Crippen LogP contribution in [0.1, 0.15) is 43.4 Å². The molecule has 0 aliphatic rings. The maximum atomic E-state index is 13.1. The van der Waals surface area contributed by atoms with Gasteiger partial charge in [-0.2, -0.15) is 0 Å². The van der Waals surface area contributed by atoms with Crippen molar-refractivity contribution in [2.75, 3.05) is 0 Å². The van der Waals surface area contributed by atoms with Gasteiger partial charge >= 0.3 is 5.97 Å². The van der Waals surface area contributed by atoms with Gasteiger partial charge in [0.15, 0.2) is 0 Å². The zero-order valence-electron chi connectivity index (χ0n) is 15.8. The fourth-order valence-corrected chi connectivity index (χ4v) is 3.43. The van der Waals surface area contributed by atoms with Crippen molar-refractivity contribution in [1.29, 1.82) is 0 Å². The molecule has 2 nitrogen and oxygen atoms in total. The summed E-state index contributed by atoms with van der Waals surface area (Å²) in [5.74, 6) is -0.233. The molecule has 0 aliphatic carbocycles. The van der Waals surface area contributed by atoms with Crippen LogP contribution in [0.25, 0.3) is 0 Å². The first-order valence-corrected chi connectivity index (χ1v) is 9.77. The molecule has 0 spiro atoms. The van der Waals surface area contributed by atoms with Crippen LogP contribution in [0.15, 0.2) is 83.3 Å². The normalized spacial score (nSPS) is 11.4. The van der Waals surface area contributed by atoms with Gasteiger partial charge in [-0.15, -0.1) is 0 Å². The second-order valence-corrected chi connectivity index (χ2v) is 8.43. The van der Waals surface area contributed by atoms with Crippen molar-refractivity contribution in [1.82, 2.24) is 0 Å². The zero-order valence-corrected chi connectivity index (χ0v) is 17.4. The summed E-state index contributed by atoms with van der Waals surface area (Å²) in [6.07, 6.45) is 0. The fraction of sp³-hybridized carbons (Fsp3) is 0.208. The molecule has 0 saturated heterocycles. The van der Waals surface area contributed by atoms with E-state index in [-0.39, 0.29) is 11.4 Å². The third-order valence-electron chi connectivity index (χ3n) is 4.51. The lowest BCUT2D eigenvalue weighted by Gasteiger charge is -2.21. The number of ether oxygens (including phenoxy) is 1. The Labute approximate surface area is 169 Å². The van der Waals surface area contributed by atoms with Gasteiger partial charge in [-0.3, -0.25) is 4.79 Å². The minimum absolute atomic E-state index is 0.0294. The molecule has 0 aromatic heterocycles. The van der Waals surface area contributed by atoms with Crippen molar-refractivity contribution in [2.24, 2.45) is 0 Å². The Morgan fingerprint density at radius 3 is 1.81 bits per heavy atom. The molecule has 0 fully saturated rings. The number of rotatable bonds is 4. The Kier molecular flexibility index (Phi) is 5.81. The Morgan fingerprint density at radius 2 is 1.37 bits per heavy atom. The van der Waals surface area contributed by atoms with Crippen molar-refractivity contribution in [3.8, 4) is 5.75 Å².